The van der Waals surface area contributed by atoms with E-state index >= 15 is 4.39 Å². The van der Waals surface area contributed by atoms with Gasteiger partial charge in [0.05, 0.1) is 42.3 Å². The van der Waals surface area contributed by atoms with E-state index in [2.05, 4.69) is 19.2 Å². The molecule has 1 saturated carbocycles. The lowest BCUT2D eigenvalue weighted by Crippen LogP contribution is -2.32. The van der Waals surface area contributed by atoms with Crippen LogP contribution in [0.3, 0.4) is 0 Å². The van der Waals surface area contributed by atoms with E-state index in [1.165, 1.54) is 6.07 Å². The van der Waals surface area contributed by atoms with Gasteiger partial charge in [0.2, 0.25) is 0 Å². The summed E-state index contributed by atoms with van der Waals surface area (Å²) in [6, 6.07) is 2.99. The Bertz CT molecular complexity index is 1290. The van der Waals surface area contributed by atoms with E-state index in [0.717, 1.165) is 17.0 Å². The van der Waals surface area contributed by atoms with Crippen molar-refractivity contribution in [2.45, 2.75) is 84.2 Å². The van der Waals surface area contributed by atoms with Gasteiger partial charge in [0.25, 0.3) is 5.91 Å². The van der Waals surface area contributed by atoms with Crippen molar-refractivity contribution in [3.8, 4) is 5.69 Å². The number of benzene rings is 1. The fourth-order valence-electron chi connectivity index (χ4n) is 6.13. The lowest BCUT2D eigenvalue weighted by Gasteiger charge is -2.31. The van der Waals surface area contributed by atoms with E-state index in [1.807, 2.05) is 4.57 Å². The zero-order valence-corrected chi connectivity index (χ0v) is 21.9. The van der Waals surface area contributed by atoms with Gasteiger partial charge in [0.1, 0.15) is 11.9 Å². The highest BCUT2D eigenvalue weighted by atomic mass is 19.1. The van der Waals surface area contributed by atoms with E-state index in [-0.39, 0.29) is 47.8 Å². The second kappa shape index (κ2) is 10.1. The number of anilines is 1. The Kier molecular flexibility index (Phi) is 7.04. The molecule has 0 unspecified atom stereocenters. The molecular weight excluding hydrogens is 491 g/mol. The summed E-state index contributed by atoms with van der Waals surface area (Å²) < 4.78 is 28.6. The predicted molar refractivity (Wildman–Crippen MR) is 139 cm³/mol. The SMILES string of the molecule is CC1(C)CC(=O)c2c3c(n(-c4cc(F)c(C(N)=O)c(NC5CCC(OC(=O)CCN)CC5)c4)c2C1)COC3. The number of carbonyl (C=O) groups is 3. The molecule has 0 bridgehead atoms. The first-order valence-corrected chi connectivity index (χ1v) is 13.2. The first kappa shape index (κ1) is 26.4. The molecular formula is C28H35FN4O5. The Balaban J connectivity index is 1.47. The molecule has 38 heavy (non-hydrogen) atoms. The van der Waals surface area contributed by atoms with E-state index in [9.17, 15) is 14.4 Å². The van der Waals surface area contributed by atoms with E-state index in [4.69, 9.17) is 20.9 Å². The topological polar surface area (TPSA) is 139 Å². The Morgan fingerprint density at radius 1 is 1.16 bits per heavy atom. The van der Waals surface area contributed by atoms with Crippen LogP contribution in [0.1, 0.15) is 90.0 Å². The predicted octanol–water partition coefficient (Wildman–Crippen LogP) is 3.52. The van der Waals surface area contributed by atoms with Crippen LogP contribution in [-0.2, 0) is 33.9 Å². The van der Waals surface area contributed by atoms with Crippen molar-refractivity contribution in [3.63, 3.8) is 0 Å². The Morgan fingerprint density at radius 2 is 1.89 bits per heavy atom. The maximum Gasteiger partial charge on any atom is 0.307 e. The Labute approximate surface area is 221 Å². The monoisotopic (exact) mass is 526 g/mol. The highest BCUT2D eigenvalue weighted by molar-refractivity contribution is 6.01. The van der Waals surface area contributed by atoms with Gasteiger partial charge in [0.15, 0.2) is 5.78 Å². The minimum Gasteiger partial charge on any atom is -0.462 e. The third kappa shape index (κ3) is 4.94. The summed E-state index contributed by atoms with van der Waals surface area (Å²) >= 11 is 0. The van der Waals surface area contributed by atoms with Crippen molar-refractivity contribution in [3.05, 3.63) is 46.0 Å². The van der Waals surface area contributed by atoms with Gasteiger partial charge < -0.3 is 30.8 Å². The molecule has 3 aliphatic rings. The van der Waals surface area contributed by atoms with Crippen molar-refractivity contribution in [2.75, 3.05) is 11.9 Å². The van der Waals surface area contributed by atoms with Gasteiger partial charge in [-0.05, 0) is 49.7 Å². The average molecular weight is 527 g/mol. The minimum atomic E-state index is -0.861. The molecule has 204 valence electrons. The van der Waals surface area contributed by atoms with Crippen molar-refractivity contribution in [2.24, 2.45) is 16.9 Å². The number of nitrogens with zero attached hydrogens (tertiary/aromatic N) is 1. The van der Waals surface area contributed by atoms with Crippen molar-refractivity contribution < 1.29 is 28.2 Å². The van der Waals surface area contributed by atoms with Gasteiger partial charge >= 0.3 is 5.97 Å². The first-order chi connectivity index (χ1) is 18.1. The molecule has 10 heteroatoms. The number of rotatable bonds is 7. The molecule has 2 heterocycles. The number of halogens is 1. The lowest BCUT2D eigenvalue weighted by atomic mass is 9.75. The molecule has 0 saturated heterocycles. The molecule has 9 nitrogen and oxygen atoms in total. The molecule has 1 aromatic carbocycles. The minimum absolute atomic E-state index is 0.0552. The van der Waals surface area contributed by atoms with Crippen LogP contribution in [0.4, 0.5) is 10.1 Å². The van der Waals surface area contributed by atoms with Gasteiger partial charge in [0, 0.05) is 35.8 Å². The van der Waals surface area contributed by atoms with Crippen molar-refractivity contribution in [1.29, 1.82) is 0 Å². The highest BCUT2D eigenvalue weighted by Gasteiger charge is 2.39. The summed E-state index contributed by atoms with van der Waals surface area (Å²) in [5.74, 6) is -1.81. The van der Waals surface area contributed by atoms with Crippen LogP contribution in [0.25, 0.3) is 5.69 Å². The number of hydrogen-bond donors (Lipinski definition) is 3. The molecule has 0 radical (unpaired) electrons. The summed E-state index contributed by atoms with van der Waals surface area (Å²) in [6.45, 7) is 5.04. The van der Waals surface area contributed by atoms with Gasteiger partial charge in [-0.1, -0.05) is 13.8 Å². The molecule has 5 N–H and O–H groups in total. The lowest BCUT2D eigenvalue weighted by molar-refractivity contribution is -0.150. The maximum absolute atomic E-state index is 15.5. The highest BCUT2D eigenvalue weighted by Crippen LogP contribution is 2.43. The van der Waals surface area contributed by atoms with Gasteiger partial charge in [-0.2, -0.15) is 0 Å². The van der Waals surface area contributed by atoms with Crippen LogP contribution in [0.15, 0.2) is 12.1 Å². The molecule has 5 rings (SSSR count). The Morgan fingerprint density at radius 3 is 2.58 bits per heavy atom. The summed E-state index contributed by atoms with van der Waals surface area (Å²) in [6.07, 6.45) is 3.77. The van der Waals surface area contributed by atoms with Crippen molar-refractivity contribution >= 4 is 23.3 Å². The van der Waals surface area contributed by atoms with Crippen LogP contribution >= 0.6 is 0 Å². The fourth-order valence-corrected chi connectivity index (χ4v) is 6.13. The van der Waals surface area contributed by atoms with E-state index in [0.29, 0.717) is 68.7 Å². The number of fused-ring (bicyclic) bond motifs is 3. The zero-order chi connectivity index (χ0) is 27.2. The quantitative estimate of drug-likeness (QED) is 0.469. The van der Waals surface area contributed by atoms with Gasteiger partial charge in [-0.25, -0.2) is 4.39 Å². The number of ketones is 1. The first-order valence-electron chi connectivity index (χ1n) is 13.2. The maximum atomic E-state index is 15.5. The third-order valence-corrected chi connectivity index (χ3v) is 7.79. The van der Waals surface area contributed by atoms with E-state index < -0.39 is 11.7 Å². The zero-order valence-electron chi connectivity index (χ0n) is 21.9. The number of carbonyl (C=O) groups excluding carboxylic acids is 3. The molecule has 1 aromatic heterocycles. The number of nitrogens with two attached hydrogens (primary N) is 2. The average Bonchev–Trinajstić information content (AvgIpc) is 3.39. The number of primary amides is 1. The van der Waals surface area contributed by atoms with E-state index in [1.54, 1.807) is 6.07 Å². The van der Waals surface area contributed by atoms with Gasteiger partial charge in [-0.3, -0.25) is 14.4 Å². The Hall–Kier alpha value is -3.24. The molecule has 1 fully saturated rings. The van der Waals surface area contributed by atoms with Gasteiger partial charge in [-0.15, -0.1) is 0 Å². The second-order valence-electron chi connectivity index (χ2n) is 11.4. The molecule has 1 amide bonds. The largest absolute Gasteiger partial charge is 0.462 e. The number of ether oxygens (including phenoxy) is 2. The van der Waals surface area contributed by atoms with Crippen LogP contribution in [0.5, 0.6) is 0 Å². The summed E-state index contributed by atoms with van der Waals surface area (Å²) in [5, 5.41) is 3.33. The number of hydrogen-bond acceptors (Lipinski definition) is 7. The second-order valence-corrected chi connectivity index (χ2v) is 11.4. The number of aromatic nitrogens is 1. The molecule has 0 spiro atoms. The molecule has 2 aromatic rings. The van der Waals surface area contributed by atoms with Crippen LogP contribution in [0.2, 0.25) is 0 Å². The number of nitrogens with one attached hydrogen (secondary N) is 1. The molecule has 0 atom stereocenters. The molecule has 2 aliphatic carbocycles. The van der Waals surface area contributed by atoms with Crippen LogP contribution in [-0.4, -0.2) is 40.9 Å². The third-order valence-electron chi connectivity index (χ3n) is 7.79. The molecule has 1 aliphatic heterocycles. The van der Waals surface area contributed by atoms with Crippen LogP contribution in [0, 0.1) is 11.2 Å². The number of Topliss-reactive ketones (excluding diaryl/α,β-unsaturated/α-hetero) is 1. The summed E-state index contributed by atoms with van der Waals surface area (Å²) in [5.41, 5.74) is 14.7. The fraction of sp³-hybridized carbons (Fsp3) is 0.536. The smallest absolute Gasteiger partial charge is 0.307 e. The standard InChI is InChI=1S/C28H35FN4O5/c1-28(2)11-21-25(23(34)12-28)18-13-37-14-22(18)33(21)16-9-19(29)26(27(31)36)20(10-16)32-15-3-5-17(6-4-15)38-24(35)7-8-30/h9-10,15,17,32H,3-8,11-14,30H2,1-2H3,(H2,31,36). The summed E-state index contributed by atoms with van der Waals surface area (Å²) in [4.78, 5) is 37.2. The number of amides is 1. The summed E-state index contributed by atoms with van der Waals surface area (Å²) in [7, 11) is 0. The van der Waals surface area contributed by atoms with Crippen molar-refractivity contribution in [1.82, 2.24) is 4.57 Å². The normalized spacial score (nSPS) is 22.1. The van der Waals surface area contributed by atoms with Crippen LogP contribution < -0.4 is 16.8 Å². The number of esters is 1.